The summed E-state index contributed by atoms with van der Waals surface area (Å²) < 4.78 is 1.76. The first kappa shape index (κ1) is 17.2. The first-order valence-electron chi connectivity index (χ1n) is 8.07. The van der Waals surface area contributed by atoms with Gasteiger partial charge in [-0.2, -0.15) is 5.10 Å². The zero-order valence-electron chi connectivity index (χ0n) is 14.5. The van der Waals surface area contributed by atoms with Crippen molar-refractivity contribution >= 4 is 23.3 Å². The molecule has 3 rings (SSSR count). The average molecular weight is 354 g/mol. The summed E-state index contributed by atoms with van der Waals surface area (Å²) in [7, 11) is 0. The highest BCUT2D eigenvalue weighted by Crippen LogP contribution is 2.26. The Morgan fingerprint density at radius 1 is 1.04 bits per heavy atom. The molecular weight excluding hydrogens is 334 g/mol. The van der Waals surface area contributed by atoms with Crippen molar-refractivity contribution in [3.8, 4) is 5.69 Å². The van der Waals surface area contributed by atoms with Crippen molar-refractivity contribution < 1.29 is 4.79 Å². The van der Waals surface area contributed by atoms with E-state index in [9.17, 15) is 4.79 Å². The van der Waals surface area contributed by atoms with Gasteiger partial charge in [-0.3, -0.25) is 4.79 Å². The number of hydrogen-bond donors (Lipinski definition) is 1. The van der Waals surface area contributed by atoms with Gasteiger partial charge in [0, 0.05) is 22.1 Å². The van der Waals surface area contributed by atoms with E-state index in [4.69, 9.17) is 16.7 Å². The largest absolute Gasteiger partial charge is 0.306 e. The summed E-state index contributed by atoms with van der Waals surface area (Å²) in [6, 6.07) is 18.5. The summed E-state index contributed by atoms with van der Waals surface area (Å²) in [5.74, 6) is 0.435. The van der Waals surface area contributed by atoms with Gasteiger partial charge in [0.05, 0.1) is 11.4 Å². The molecule has 0 saturated carbocycles. The molecule has 5 heteroatoms. The van der Waals surface area contributed by atoms with Crippen LogP contribution < -0.4 is 5.32 Å². The fourth-order valence-electron chi connectivity index (χ4n) is 2.39. The second-order valence-corrected chi connectivity index (χ2v) is 7.31. The third-order valence-corrected chi connectivity index (χ3v) is 4.08. The van der Waals surface area contributed by atoms with Gasteiger partial charge in [-0.25, -0.2) is 4.68 Å². The van der Waals surface area contributed by atoms with Crippen molar-refractivity contribution in [2.45, 2.75) is 26.2 Å². The van der Waals surface area contributed by atoms with Crippen molar-refractivity contribution in [2.75, 3.05) is 5.32 Å². The van der Waals surface area contributed by atoms with Gasteiger partial charge in [0.15, 0.2) is 0 Å². The predicted molar refractivity (Wildman–Crippen MR) is 102 cm³/mol. The summed E-state index contributed by atoms with van der Waals surface area (Å²) in [5, 5.41) is 8.25. The molecule has 0 fully saturated rings. The van der Waals surface area contributed by atoms with Crippen LogP contribution in [-0.2, 0) is 5.41 Å². The maximum atomic E-state index is 12.6. The highest BCUT2D eigenvalue weighted by Gasteiger charge is 2.21. The van der Waals surface area contributed by atoms with Crippen LogP contribution in [-0.4, -0.2) is 15.7 Å². The number of anilines is 1. The molecule has 0 aliphatic heterocycles. The van der Waals surface area contributed by atoms with Crippen LogP contribution in [0.2, 0.25) is 5.02 Å². The third-order valence-electron chi connectivity index (χ3n) is 3.83. The lowest BCUT2D eigenvalue weighted by molar-refractivity contribution is 0.102. The fourth-order valence-corrected chi connectivity index (χ4v) is 2.52. The summed E-state index contributed by atoms with van der Waals surface area (Å²) in [5.41, 5.74) is 2.22. The van der Waals surface area contributed by atoms with Crippen LogP contribution in [0.5, 0.6) is 0 Å². The maximum Gasteiger partial charge on any atom is 0.256 e. The Morgan fingerprint density at radius 3 is 2.28 bits per heavy atom. The Labute approximate surface area is 152 Å². The number of amides is 1. The van der Waals surface area contributed by atoms with Crippen molar-refractivity contribution in [2.24, 2.45) is 0 Å². The van der Waals surface area contributed by atoms with Gasteiger partial charge >= 0.3 is 0 Å². The lowest BCUT2D eigenvalue weighted by Gasteiger charge is -2.14. The maximum absolute atomic E-state index is 12.6. The number of aromatic nitrogens is 2. The van der Waals surface area contributed by atoms with Gasteiger partial charge in [0.2, 0.25) is 0 Å². The smallest absolute Gasteiger partial charge is 0.256 e. The molecule has 0 bridgehead atoms. The van der Waals surface area contributed by atoms with Gasteiger partial charge in [-0.15, -0.1) is 0 Å². The lowest BCUT2D eigenvalue weighted by atomic mass is 9.92. The van der Waals surface area contributed by atoms with E-state index in [0.717, 1.165) is 11.4 Å². The van der Waals surface area contributed by atoms with Crippen molar-refractivity contribution in [1.29, 1.82) is 0 Å². The van der Waals surface area contributed by atoms with E-state index in [-0.39, 0.29) is 11.3 Å². The molecule has 1 N–H and O–H groups in total. The number of nitrogens with zero attached hydrogens (tertiary/aromatic N) is 2. The number of para-hydroxylation sites is 1. The highest BCUT2D eigenvalue weighted by molar-refractivity contribution is 6.30. The fraction of sp³-hybridized carbons (Fsp3) is 0.200. The number of hydrogen-bond acceptors (Lipinski definition) is 2. The number of carbonyl (C=O) groups is 1. The Hall–Kier alpha value is -2.59. The van der Waals surface area contributed by atoms with E-state index in [0.29, 0.717) is 16.4 Å². The topological polar surface area (TPSA) is 46.9 Å². The molecule has 0 spiro atoms. The average Bonchev–Trinajstić information content (AvgIpc) is 3.00. The number of carbonyl (C=O) groups excluding carboxylic acids is 1. The molecule has 2 aromatic carbocycles. The monoisotopic (exact) mass is 353 g/mol. The van der Waals surface area contributed by atoms with Gasteiger partial charge in [0.25, 0.3) is 5.91 Å². The molecule has 0 atom stereocenters. The molecule has 0 saturated heterocycles. The van der Waals surface area contributed by atoms with Gasteiger partial charge < -0.3 is 5.32 Å². The Morgan fingerprint density at radius 2 is 1.68 bits per heavy atom. The normalized spacial score (nSPS) is 11.4. The van der Waals surface area contributed by atoms with Crippen molar-refractivity contribution in [3.05, 3.63) is 76.9 Å². The summed E-state index contributed by atoms with van der Waals surface area (Å²) in [6.07, 6.45) is 0. The van der Waals surface area contributed by atoms with Crippen LogP contribution in [0.3, 0.4) is 0 Å². The van der Waals surface area contributed by atoms with E-state index in [1.807, 2.05) is 36.4 Å². The van der Waals surface area contributed by atoms with Crippen LogP contribution in [0.1, 0.15) is 36.8 Å². The molecule has 1 amide bonds. The molecule has 128 valence electrons. The van der Waals surface area contributed by atoms with E-state index < -0.39 is 0 Å². The Balaban J connectivity index is 1.98. The summed E-state index contributed by atoms with van der Waals surface area (Å²) in [6.45, 7) is 6.28. The van der Waals surface area contributed by atoms with E-state index in [1.54, 1.807) is 28.9 Å². The van der Waals surface area contributed by atoms with E-state index >= 15 is 0 Å². The number of nitrogens with one attached hydrogen (secondary N) is 1. The Kier molecular flexibility index (Phi) is 4.64. The molecule has 25 heavy (non-hydrogen) atoms. The van der Waals surface area contributed by atoms with Crippen molar-refractivity contribution in [3.63, 3.8) is 0 Å². The SMILES string of the molecule is CC(C)(C)c1cc(NC(=O)c2ccc(Cl)cc2)n(-c2ccccc2)n1. The molecule has 1 heterocycles. The summed E-state index contributed by atoms with van der Waals surface area (Å²) in [4.78, 5) is 12.6. The molecule has 1 aromatic heterocycles. The molecule has 4 nitrogen and oxygen atoms in total. The third kappa shape index (κ3) is 3.91. The molecule has 3 aromatic rings. The minimum atomic E-state index is -0.200. The van der Waals surface area contributed by atoms with Gasteiger partial charge in [-0.05, 0) is 36.4 Å². The zero-order chi connectivity index (χ0) is 18.0. The predicted octanol–water partition coefficient (Wildman–Crippen LogP) is 5.08. The van der Waals surface area contributed by atoms with Crippen LogP contribution in [0.15, 0.2) is 60.7 Å². The van der Waals surface area contributed by atoms with Crippen LogP contribution >= 0.6 is 11.6 Å². The minimum absolute atomic E-state index is 0.125. The van der Waals surface area contributed by atoms with Gasteiger partial charge in [-0.1, -0.05) is 50.6 Å². The first-order chi connectivity index (χ1) is 11.8. The van der Waals surface area contributed by atoms with E-state index in [1.165, 1.54) is 0 Å². The lowest BCUT2D eigenvalue weighted by Crippen LogP contribution is -2.15. The van der Waals surface area contributed by atoms with Gasteiger partial charge in [0.1, 0.15) is 5.82 Å². The van der Waals surface area contributed by atoms with Crippen molar-refractivity contribution in [1.82, 2.24) is 9.78 Å². The summed E-state index contributed by atoms with van der Waals surface area (Å²) >= 11 is 5.89. The molecule has 0 aliphatic rings. The number of benzene rings is 2. The second kappa shape index (κ2) is 6.73. The standard InChI is InChI=1S/C20H20ClN3O/c1-20(2,3)17-13-18(24(23-17)16-7-5-4-6-8-16)22-19(25)14-9-11-15(21)12-10-14/h4-13H,1-3H3,(H,22,25). The van der Waals surface area contributed by atoms with Crippen LogP contribution in [0.25, 0.3) is 5.69 Å². The number of halogens is 1. The van der Waals surface area contributed by atoms with E-state index in [2.05, 4.69) is 26.1 Å². The first-order valence-corrected chi connectivity index (χ1v) is 8.45. The molecule has 0 radical (unpaired) electrons. The van der Waals surface area contributed by atoms with Crippen LogP contribution in [0.4, 0.5) is 5.82 Å². The highest BCUT2D eigenvalue weighted by atomic mass is 35.5. The Bertz CT molecular complexity index is 878. The molecule has 0 aliphatic carbocycles. The number of rotatable bonds is 3. The minimum Gasteiger partial charge on any atom is -0.306 e. The van der Waals surface area contributed by atoms with Crippen LogP contribution in [0, 0.1) is 0 Å². The molecule has 0 unspecified atom stereocenters. The zero-order valence-corrected chi connectivity index (χ0v) is 15.2. The quantitative estimate of drug-likeness (QED) is 0.714. The second-order valence-electron chi connectivity index (χ2n) is 6.87. The molecular formula is C20H20ClN3O.